The van der Waals surface area contributed by atoms with Gasteiger partial charge in [-0.2, -0.15) is 0 Å². The van der Waals surface area contributed by atoms with Gasteiger partial charge in [0, 0.05) is 18.3 Å². The van der Waals surface area contributed by atoms with Crippen molar-refractivity contribution in [3.63, 3.8) is 0 Å². The molecule has 0 radical (unpaired) electrons. The molecule has 25 heavy (non-hydrogen) atoms. The number of hydrogen-bond donors (Lipinski definition) is 1. The second-order valence-electron chi connectivity index (χ2n) is 4.94. The van der Waals surface area contributed by atoms with Crippen LogP contribution < -0.4 is 20.3 Å². The zero-order valence-corrected chi connectivity index (χ0v) is 13.9. The SMILES string of the molecule is COc1ccc(NC(=O)COC(=O)Cn2ccccc2=O)c(OC)c1. The third-order valence-corrected chi connectivity index (χ3v) is 3.25. The summed E-state index contributed by atoms with van der Waals surface area (Å²) in [4.78, 5) is 35.1. The first-order chi connectivity index (χ1) is 12.0. The summed E-state index contributed by atoms with van der Waals surface area (Å²) < 4.78 is 16.3. The molecule has 1 heterocycles. The van der Waals surface area contributed by atoms with Crippen LogP contribution in [-0.2, 0) is 20.9 Å². The molecular weight excluding hydrogens is 328 g/mol. The van der Waals surface area contributed by atoms with Crippen molar-refractivity contribution in [1.82, 2.24) is 4.57 Å². The summed E-state index contributed by atoms with van der Waals surface area (Å²) in [5.74, 6) is -0.230. The Bertz CT molecular complexity index is 815. The van der Waals surface area contributed by atoms with Gasteiger partial charge in [0.25, 0.3) is 11.5 Å². The van der Waals surface area contributed by atoms with E-state index in [0.29, 0.717) is 17.2 Å². The fourth-order valence-corrected chi connectivity index (χ4v) is 2.01. The van der Waals surface area contributed by atoms with Gasteiger partial charge in [0.15, 0.2) is 6.61 Å². The molecule has 0 aliphatic heterocycles. The van der Waals surface area contributed by atoms with Gasteiger partial charge in [-0.1, -0.05) is 6.07 Å². The number of nitrogens with zero attached hydrogens (tertiary/aromatic N) is 1. The Morgan fingerprint density at radius 3 is 2.60 bits per heavy atom. The van der Waals surface area contributed by atoms with E-state index < -0.39 is 18.5 Å². The van der Waals surface area contributed by atoms with E-state index in [2.05, 4.69) is 5.32 Å². The third kappa shape index (κ3) is 5.10. The zero-order valence-electron chi connectivity index (χ0n) is 13.9. The fraction of sp³-hybridized carbons (Fsp3) is 0.235. The number of esters is 1. The molecule has 1 amide bonds. The Kier molecular flexibility index (Phi) is 6.16. The van der Waals surface area contributed by atoms with Crippen LogP contribution in [0.3, 0.4) is 0 Å². The van der Waals surface area contributed by atoms with Crippen molar-refractivity contribution in [1.29, 1.82) is 0 Å². The van der Waals surface area contributed by atoms with Crippen LogP contribution in [0.15, 0.2) is 47.4 Å². The van der Waals surface area contributed by atoms with Gasteiger partial charge < -0.3 is 24.1 Å². The summed E-state index contributed by atoms with van der Waals surface area (Å²) in [6.07, 6.45) is 1.46. The summed E-state index contributed by atoms with van der Waals surface area (Å²) in [6.45, 7) is -0.742. The van der Waals surface area contributed by atoms with Crippen LogP contribution in [0.1, 0.15) is 0 Å². The Morgan fingerprint density at radius 2 is 1.92 bits per heavy atom. The molecule has 0 atom stereocenters. The second-order valence-corrected chi connectivity index (χ2v) is 4.94. The van der Waals surface area contributed by atoms with Gasteiger partial charge in [0.05, 0.1) is 19.9 Å². The number of anilines is 1. The quantitative estimate of drug-likeness (QED) is 0.753. The summed E-state index contributed by atoms with van der Waals surface area (Å²) in [5, 5.41) is 2.58. The molecule has 8 nitrogen and oxygen atoms in total. The maximum atomic E-state index is 11.9. The monoisotopic (exact) mass is 346 g/mol. The first-order valence-electron chi connectivity index (χ1n) is 7.36. The van der Waals surface area contributed by atoms with E-state index in [1.54, 1.807) is 30.3 Å². The molecule has 0 aliphatic carbocycles. The van der Waals surface area contributed by atoms with Crippen molar-refractivity contribution in [2.45, 2.75) is 6.54 Å². The lowest BCUT2D eigenvalue weighted by molar-refractivity contribution is -0.147. The topological polar surface area (TPSA) is 95.9 Å². The fourth-order valence-electron chi connectivity index (χ4n) is 2.01. The van der Waals surface area contributed by atoms with Crippen LogP contribution in [0.5, 0.6) is 11.5 Å². The molecule has 0 bridgehead atoms. The molecule has 0 saturated heterocycles. The standard InChI is InChI=1S/C17H18N2O6/c1-23-12-6-7-13(14(9-12)24-2)18-15(20)11-25-17(22)10-19-8-4-3-5-16(19)21/h3-9H,10-11H2,1-2H3,(H,18,20). The molecule has 1 N–H and O–H groups in total. The molecule has 8 heteroatoms. The van der Waals surface area contributed by atoms with Crippen LogP contribution in [0, 0.1) is 0 Å². The summed E-state index contributed by atoms with van der Waals surface area (Å²) in [7, 11) is 2.98. The average Bonchev–Trinajstić information content (AvgIpc) is 2.62. The van der Waals surface area contributed by atoms with E-state index in [1.165, 1.54) is 31.0 Å². The second kappa shape index (κ2) is 8.53. The van der Waals surface area contributed by atoms with Gasteiger partial charge in [-0.3, -0.25) is 14.4 Å². The maximum Gasteiger partial charge on any atom is 0.326 e. The van der Waals surface area contributed by atoms with Crippen LogP contribution in [0.2, 0.25) is 0 Å². The van der Waals surface area contributed by atoms with Crippen LogP contribution in [-0.4, -0.2) is 37.3 Å². The molecule has 2 aromatic rings. The molecule has 0 unspecified atom stereocenters. The molecule has 1 aromatic carbocycles. The highest BCUT2D eigenvalue weighted by molar-refractivity contribution is 5.94. The van der Waals surface area contributed by atoms with Gasteiger partial charge >= 0.3 is 5.97 Å². The molecule has 132 valence electrons. The Morgan fingerprint density at radius 1 is 1.12 bits per heavy atom. The van der Waals surface area contributed by atoms with Gasteiger partial charge in [0.2, 0.25) is 0 Å². The minimum atomic E-state index is -0.690. The Hall–Kier alpha value is -3.29. The van der Waals surface area contributed by atoms with E-state index in [9.17, 15) is 14.4 Å². The van der Waals surface area contributed by atoms with Crippen molar-refractivity contribution >= 4 is 17.6 Å². The molecule has 0 spiro atoms. The number of methoxy groups -OCH3 is 2. The molecule has 0 aliphatic rings. The van der Waals surface area contributed by atoms with Gasteiger partial charge in [-0.25, -0.2) is 0 Å². The highest BCUT2D eigenvalue weighted by Gasteiger charge is 2.12. The number of nitrogens with one attached hydrogen (secondary N) is 1. The number of rotatable bonds is 7. The summed E-state index contributed by atoms with van der Waals surface area (Å²) in [6, 6.07) is 9.41. The molecule has 0 fully saturated rings. The van der Waals surface area contributed by atoms with E-state index in [1.807, 2.05) is 0 Å². The highest BCUT2D eigenvalue weighted by Crippen LogP contribution is 2.28. The van der Waals surface area contributed by atoms with Crippen LogP contribution in [0.25, 0.3) is 0 Å². The van der Waals surface area contributed by atoms with Crippen LogP contribution >= 0.6 is 0 Å². The molecule has 0 saturated carbocycles. The minimum Gasteiger partial charge on any atom is -0.497 e. The third-order valence-electron chi connectivity index (χ3n) is 3.25. The van der Waals surface area contributed by atoms with Crippen molar-refractivity contribution in [3.8, 4) is 11.5 Å². The molecule has 1 aromatic heterocycles. The largest absolute Gasteiger partial charge is 0.497 e. The number of ether oxygens (including phenoxy) is 3. The number of carbonyl (C=O) groups is 2. The van der Waals surface area contributed by atoms with E-state index >= 15 is 0 Å². The number of pyridine rings is 1. The number of benzene rings is 1. The number of hydrogen-bond acceptors (Lipinski definition) is 6. The van der Waals surface area contributed by atoms with E-state index in [4.69, 9.17) is 14.2 Å². The van der Waals surface area contributed by atoms with Crippen molar-refractivity contribution in [2.75, 3.05) is 26.1 Å². The number of amides is 1. The minimum absolute atomic E-state index is 0.265. The lowest BCUT2D eigenvalue weighted by Gasteiger charge is -2.12. The lowest BCUT2D eigenvalue weighted by Crippen LogP contribution is -2.27. The zero-order chi connectivity index (χ0) is 18.2. The first kappa shape index (κ1) is 18.1. The summed E-state index contributed by atoms with van der Waals surface area (Å²) in [5.41, 5.74) is 0.0931. The number of carbonyl (C=O) groups excluding carboxylic acids is 2. The van der Waals surface area contributed by atoms with Gasteiger partial charge in [-0.15, -0.1) is 0 Å². The van der Waals surface area contributed by atoms with E-state index in [0.717, 1.165) is 0 Å². The predicted octanol–water partition coefficient (Wildman–Crippen LogP) is 1.05. The molecular formula is C17H18N2O6. The number of aromatic nitrogens is 1. The normalized spacial score (nSPS) is 10.0. The highest BCUT2D eigenvalue weighted by atomic mass is 16.5. The van der Waals surface area contributed by atoms with E-state index in [-0.39, 0.29) is 12.1 Å². The predicted molar refractivity (Wildman–Crippen MR) is 89.8 cm³/mol. The van der Waals surface area contributed by atoms with Crippen molar-refractivity contribution in [3.05, 3.63) is 52.9 Å². The first-order valence-corrected chi connectivity index (χ1v) is 7.36. The lowest BCUT2D eigenvalue weighted by atomic mass is 10.2. The Labute approximate surface area is 143 Å². The maximum absolute atomic E-state index is 11.9. The van der Waals surface area contributed by atoms with Crippen LogP contribution in [0.4, 0.5) is 5.69 Å². The smallest absolute Gasteiger partial charge is 0.326 e. The molecule has 2 rings (SSSR count). The summed E-state index contributed by atoms with van der Waals surface area (Å²) >= 11 is 0. The Balaban J connectivity index is 1.89. The van der Waals surface area contributed by atoms with Crippen molar-refractivity contribution < 1.29 is 23.8 Å². The van der Waals surface area contributed by atoms with Gasteiger partial charge in [0.1, 0.15) is 18.0 Å². The average molecular weight is 346 g/mol. The van der Waals surface area contributed by atoms with Crippen molar-refractivity contribution in [2.24, 2.45) is 0 Å². The van der Waals surface area contributed by atoms with Gasteiger partial charge in [-0.05, 0) is 18.2 Å².